The van der Waals surface area contributed by atoms with Crippen LogP contribution in [0.15, 0.2) is 12.4 Å². The molecule has 0 radical (unpaired) electrons. The van der Waals surface area contributed by atoms with Crippen molar-refractivity contribution in [1.29, 1.82) is 0 Å². The Morgan fingerprint density at radius 2 is 2.28 bits per heavy atom. The Bertz CT molecular complexity index is 495. The topological polar surface area (TPSA) is 90.3 Å². The van der Waals surface area contributed by atoms with Crippen molar-refractivity contribution in [2.75, 3.05) is 17.6 Å². The zero-order valence-corrected chi connectivity index (χ0v) is 11.2. The quantitative estimate of drug-likeness (QED) is 0.736. The number of ether oxygens (including phenoxy) is 1. The third-order valence-electron chi connectivity index (χ3n) is 2.25. The molecule has 0 aromatic carbocycles. The lowest BCUT2D eigenvalue weighted by Crippen LogP contribution is -2.17. The van der Waals surface area contributed by atoms with Crippen LogP contribution in [0.1, 0.15) is 19.8 Å². The standard InChI is InChI=1S/C10H17N3O4S/c1-3-13-8-9(7-11-13)12-18(15,16)6-4-5-10(14)17-2/h7-8,12H,3-6H2,1-2H3. The Kier molecular flexibility index (Phi) is 5.14. The van der Waals surface area contributed by atoms with Gasteiger partial charge in [0.2, 0.25) is 10.0 Å². The average molecular weight is 275 g/mol. The van der Waals surface area contributed by atoms with E-state index in [9.17, 15) is 13.2 Å². The first kappa shape index (κ1) is 14.5. The van der Waals surface area contributed by atoms with Crippen molar-refractivity contribution < 1.29 is 17.9 Å². The summed E-state index contributed by atoms with van der Waals surface area (Å²) in [6.07, 6.45) is 3.37. The van der Waals surface area contributed by atoms with Crippen LogP contribution in [-0.4, -0.2) is 37.0 Å². The van der Waals surface area contributed by atoms with E-state index < -0.39 is 16.0 Å². The van der Waals surface area contributed by atoms with Crippen LogP contribution in [0.2, 0.25) is 0 Å². The number of rotatable bonds is 7. The Hall–Kier alpha value is -1.57. The van der Waals surface area contributed by atoms with Crippen molar-refractivity contribution in [2.24, 2.45) is 0 Å². The van der Waals surface area contributed by atoms with Crippen molar-refractivity contribution in [1.82, 2.24) is 9.78 Å². The highest BCUT2D eigenvalue weighted by Gasteiger charge is 2.12. The number of hydrogen-bond acceptors (Lipinski definition) is 5. The Morgan fingerprint density at radius 1 is 1.56 bits per heavy atom. The van der Waals surface area contributed by atoms with Crippen LogP contribution < -0.4 is 4.72 Å². The van der Waals surface area contributed by atoms with Gasteiger partial charge in [0.05, 0.1) is 24.7 Å². The van der Waals surface area contributed by atoms with Gasteiger partial charge in [-0.3, -0.25) is 14.2 Å². The number of esters is 1. The summed E-state index contributed by atoms with van der Waals surface area (Å²) >= 11 is 0. The molecular formula is C10H17N3O4S. The molecule has 1 aromatic heterocycles. The second-order valence-electron chi connectivity index (χ2n) is 3.69. The van der Waals surface area contributed by atoms with E-state index in [-0.39, 0.29) is 18.6 Å². The highest BCUT2D eigenvalue weighted by atomic mass is 32.2. The number of anilines is 1. The summed E-state index contributed by atoms with van der Waals surface area (Å²) in [4.78, 5) is 10.8. The highest BCUT2D eigenvalue weighted by Crippen LogP contribution is 2.09. The lowest BCUT2D eigenvalue weighted by molar-refractivity contribution is -0.140. The summed E-state index contributed by atoms with van der Waals surface area (Å²) in [5, 5.41) is 3.96. The van der Waals surface area contributed by atoms with Crippen molar-refractivity contribution in [3.05, 3.63) is 12.4 Å². The van der Waals surface area contributed by atoms with Gasteiger partial charge in [0.15, 0.2) is 0 Å². The second kappa shape index (κ2) is 6.39. The fraction of sp³-hybridized carbons (Fsp3) is 0.600. The minimum atomic E-state index is -3.44. The van der Waals surface area contributed by atoms with Gasteiger partial charge < -0.3 is 4.74 Å². The predicted octanol–water partition coefficient (Wildman–Crippen LogP) is 0.598. The third kappa shape index (κ3) is 4.74. The van der Waals surface area contributed by atoms with E-state index in [1.807, 2.05) is 6.92 Å². The Balaban J connectivity index is 2.46. The number of methoxy groups -OCH3 is 1. The zero-order chi connectivity index (χ0) is 13.6. The molecule has 0 aliphatic rings. The van der Waals surface area contributed by atoms with E-state index in [0.29, 0.717) is 12.2 Å². The highest BCUT2D eigenvalue weighted by molar-refractivity contribution is 7.92. The molecule has 0 aliphatic carbocycles. The maximum absolute atomic E-state index is 11.7. The largest absolute Gasteiger partial charge is 0.469 e. The number of carbonyl (C=O) groups excluding carboxylic acids is 1. The molecule has 0 unspecified atom stereocenters. The maximum atomic E-state index is 11.7. The van der Waals surface area contributed by atoms with Gasteiger partial charge in [-0.2, -0.15) is 5.10 Å². The first-order valence-corrected chi connectivity index (χ1v) is 7.22. The number of sulfonamides is 1. The molecule has 0 atom stereocenters. The minimum absolute atomic E-state index is 0.0889. The van der Waals surface area contributed by atoms with Crippen molar-refractivity contribution in [3.63, 3.8) is 0 Å². The second-order valence-corrected chi connectivity index (χ2v) is 5.53. The molecule has 0 saturated carbocycles. The minimum Gasteiger partial charge on any atom is -0.469 e. The molecule has 1 aromatic rings. The molecule has 18 heavy (non-hydrogen) atoms. The van der Waals surface area contributed by atoms with Crippen molar-refractivity contribution in [2.45, 2.75) is 26.3 Å². The molecule has 0 spiro atoms. The normalized spacial score (nSPS) is 11.2. The first-order valence-electron chi connectivity index (χ1n) is 5.56. The van der Waals surface area contributed by atoms with Gasteiger partial charge in [0.25, 0.3) is 0 Å². The molecular weight excluding hydrogens is 258 g/mol. The van der Waals surface area contributed by atoms with Crippen LogP contribution in [-0.2, 0) is 26.1 Å². The molecule has 102 valence electrons. The molecule has 0 saturated heterocycles. The van der Waals surface area contributed by atoms with E-state index in [1.54, 1.807) is 10.9 Å². The number of carbonyl (C=O) groups is 1. The number of nitrogens with zero attached hydrogens (tertiary/aromatic N) is 2. The Morgan fingerprint density at radius 3 is 2.83 bits per heavy atom. The van der Waals surface area contributed by atoms with Crippen LogP contribution >= 0.6 is 0 Å². The zero-order valence-electron chi connectivity index (χ0n) is 10.4. The average Bonchev–Trinajstić information content (AvgIpc) is 2.75. The smallest absolute Gasteiger partial charge is 0.305 e. The summed E-state index contributed by atoms with van der Waals surface area (Å²) in [6.45, 7) is 2.58. The molecule has 0 fully saturated rings. The van der Waals surface area contributed by atoms with Gasteiger partial charge in [-0.25, -0.2) is 8.42 Å². The van der Waals surface area contributed by atoms with Crippen LogP contribution in [0.4, 0.5) is 5.69 Å². The van der Waals surface area contributed by atoms with E-state index in [4.69, 9.17) is 0 Å². The van der Waals surface area contributed by atoms with E-state index in [2.05, 4.69) is 14.6 Å². The SMILES string of the molecule is CCn1cc(NS(=O)(=O)CCCC(=O)OC)cn1. The summed E-state index contributed by atoms with van der Waals surface area (Å²) in [6, 6.07) is 0. The number of nitrogens with one attached hydrogen (secondary N) is 1. The monoisotopic (exact) mass is 275 g/mol. The van der Waals surface area contributed by atoms with E-state index >= 15 is 0 Å². The van der Waals surface area contributed by atoms with Gasteiger partial charge in [-0.15, -0.1) is 0 Å². The molecule has 7 nitrogen and oxygen atoms in total. The maximum Gasteiger partial charge on any atom is 0.305 e. The summed E-state index contributed by atoms with van der Waals surface area (Å²) in [5.74, 6) is -0.539. The van der Waals surface area contributed by atoms with Crippen LogP contribution in [0.3, 0.4) is 0 Å². The van der Waals surface area contributed by atoms with Gasteiger partial charge >= 0.3 is 5.97 Å². The van der Waals surface area contributed by atoms with Gasteiger partial charge in [-0.1, -0.05) is 0 Å². The fourth-order valence-corrected chi connectivity index (χ4v) is 2.42. The predicted molar refractivity (Wildman–Crippen MR) is 66.6 cm³/mol. The van der Waals surface area contributed by atoms with Crippen molar-refractivity contribution in [3.8, 4) is 0 Å². The summed E-state index contributed by atoms with van der Waals surface area (Å²) in [7, 11) is -2.17. The lowest BCUT2D eigenvalue weighted by Gasteiger charge is -2.05. The molecule has 8 heteroatoms. The van der Waals surface area contributed by atoms with Gasteiger partial charge in [0.1, 0.15) is 0 Å². The van der Waals surface area contributed by atoms with Crippen LogP contribution in [0.25, 0.3) is 0 Å². The van der Waals surface area contributed by atoms with E-state index in [1.165, 1.54) is 13.3 Å². The summed E-state index contributed by atoms with van der Waals surface area (Å²) in [5.41, 5.74) is 0.426. The summed E-state index contributed by atoms with van der Waals surface area (Å²) < 4.78 is 31.8. The number of aryl methyl sites for hydroxylation is 1. The van der Waals surface area contributed by atoms with Crippen LogP contribution in [0, 0.1) is 0 Å². The van der Waals surface area contributed by atoms with Gasteiger partial charge in [0, 0.05) is 19.2 Å². The third-order valence-corrected chi connectivity index (χ3v) is 3.63. The first-order chi connectivity index (χ1) is 8.46. The van der Waals surface area contributed by atoms with Gasteiger partial charge in [-0.05, 0) is 13.3 Å². The molecule has 0 amide bonds. The number of aromatic nitrogens is 2. The molecule has 0 bridgehead atoms. The van der Waals surface area contributed by atoms with Crippen molar-refractivity contribution >= 4 is 21.7 Å². The Labute approximate surface area is 106 Å². The van der Waals surface area contributed by atoms with Crippen LogP contribution in [0.5, 0.6) is 0 Å². The molecule has 1 N–H and O–H groups in total. The lowest BCUT2D eigenvalue weighted by atomic mass is 10.3. The molecule has 1 heterocycles. The molecule has 1 rings (SSSR count). The molecule has 0 aliphatic heterocycles. The fourth-order valence-electron chi connectivity index (χ4n) is 1.33. The number of hydrogen-bond donors (Lipinski definition) is 1. The van der Waals surface area contributed by atoms with E-state index in [0.717, 1.165) is 0 Å².